The Morgan fingerprint density at radius 2 is 1.98 bits per heavy atom. The summed E-state index contributed by atoms with van der Waals surface area (Å²) in [7, 11) is 3.95. The van der Waals surface area contributed by atoms with Gasteiger partial charge in [-0.3, -0.25) is 15.0 Å². The van der Waals surface area contributed by atoms with Gasteiger partial charge in [0.15, 0.2) is 0 Å². The molecule has 2 aromatic carbocycles. The number of hydrazine groups is 1. The minimum absolute atomic E-state index is 0.151. The normalized spacial score (nSPS) is 17.5. The lowest BCUT2D eigenvalue weighted by molar-refractivity contribution is 0.199. The Kier molecular flexibility index (Phi) is 7.39. The fraction of sp³-hybridized carbons (Fsp3) is 0.286. The molecule has 1 atom stereocenters. The molecule has 2 aromatic heterocycles. The average molecular weight is 588 g/mol. The first-order chi connectivity index (χ1) is 21.5. The average Bonchev–Trinajstić information content (AvgIpc) is 3.61. The third kappa shape index (κ3) is 5.13. The van der Waals surface area contributed by atoms with Crippen LogP contribution in [0.2, 0.25) is 0 Å². The van der Waals surface area contributed by atoms with E-state index in [9.17, 15) is 4.79 Å². The third-order valence-electron chi connectivity index (χ3n) is 8.45. The van der Waals surface area contributed by atoms with Crippen LogP contribution in [-0.4, -0.2) is 59.7 Å². The Morgan fingerprint density at radius 3 is 2.84 bits per heavy atom. The quantitative estimate of drug-likeness (QED) is 0.284. The van der Waals surface area contributed by atoms with E-state index in [1.54, 1.807) is 0 Å². The van der Waals surface area contributed by atoms with Gasteiger partial charge in [0.2, 0.25) is 0 Å². The van der Waals surface area contributed by atoms with E-state index in [0.717, 1.165) is 60.5 Å². The maximum atomic E-state index is 12.6. The van der Waals surface area contributed by atoms with Crippen molar-refractivity contribution < 1.29 is 9.53 Å². The molecule has 4 aromatic rings. The van der Waals surface area contributed by atoms with Gasteiger partial charge in [-0.25, -0.2) is 9.78 Å². The Morgan fingerprint density at radius 1 is 1.09 bits per heavy atom. The fourth-order valence-corrected chi connectivity index (χ4v) is 6.49. The summed E-state index contributed by atoms with van der Waals surface area (Å²) < 4.78 is 5.76. The van der Waals surface area contributed by atoms with E-state index in [2.05, 4.69) is 75.0 Å². The lowest BCUT2D eigenvalue weighted by atomic mass is 9.95. The number of anilines is 2. The number of carbonyl (C=O) groups excluding carboxylic acids is 1. The number of fused-ring (bicyclic) bond motifs is 3. The molecule has 224 valence electrons. The molecule has 3 aliphatic rings. The number of rotatable bonds is 7. The van der Waals surface area contributed by atoms with Crippen LogP contribution in [0.5, 0.6) is 5.75 Å². The number of carbonyl (C=O) groups is 1. The second-order valence-electron chi connectivity index (χ2n) is 11.7. The van der Waals surface area contributed by atoms with E-state index < -0.39 is 6.09 Å². The molecule has 7 rings (SSSR count). The molecule has 0 radical (unpaired) electrons. The molecule has 0 aliphatic carbocycles. The van der Waals surface area contributed by atoms with Crippen molar-refractivity contribution in [1.82, 2.24) is 25.2 Å². The number of aromatic nitrogens is 2. The van der Waals surface area contributed by atoms with Crippen molar-refractivity contribution in [2.75, 3.05) is 43.6 Å². The second-order valence-corrected chi connectivity index (χ2v) is 11.7. The lowest BCUT2D eigenvalue weighted by Gasteiger charge is -2.37. The van der Waals surface area contributed by atoms with E-state index in [-0.39, 0.29) is 6.04 Å². The first kappa shape index (κ1) is 27.9. The first-order valence-electron chi connectivity index (χ1n) is 15.2. The summed E-state index contributed by atoms with van der Waals surface area (Å²) >= 11 is 0. The maximum Gasteiger partial charge on any atom is 0.412 e. The highest BCUT2D eigenvalue weighted by molar-refractivity contribution is 5.84. The summed E-state index contributed by atoms with van der Waals surface area (Å²) in [6.07, 6.45) is 8.66. The van der Waals surface area contributed by atoms with Gasteiger partial charge in [-0.15, -0.1) is 0 Å². The van der Waals surface area contributed by atoms with Gasteiger partial charge >= 0.3 is 6.09 Å². The highest BCUT2D eigenvalue weighted by atomic mass is 16.6. The van der Waals surface area contributed by atoms with E-state index in [1.807, 2.05) is 56.4 Å². The van der Waals surface area contributed by atoms with Gasteiger partial charge in [-0.1, -0.05) is 36.4 Å². The van der Waals surface area contributed by atoms with Crippen LogP contribution < -0.4 is 20.0 Å². The minimum atomic E-state index is -0.451. The van der Waals surface area contributed by atoms with Gasteiger partial charge < -0.3 is 19.9 Å². The van der Waals surface area contributed by atoms with Gasteiger partial charge in [-0.05, 0) is 81.7 Å². The highest BCUT2D eigenvalue weighted by Crippen LogP contribution is 2.51. The number of hydrogen-bond acceptors (Lipinski definition) is 8. The molecule has 1 N–H and O–H groups in total. The van der Waals surface area contributed by atoms with Crippen LogP contribution in [-0.2, 0) is 6.42 Å². The number of aryl methyl sites for hydroxylation is 1. The largest absolute Gasteiger partial charge is 0.412 e. The van der Waals surface area contributed by atoms with Crippen LogP contribution >= 0.6 is 0 Å². The van der Waals surface area contributed by atoms with Gasteiger partial charge in [-0.2, -0.15) is 0 Å². The van der Waals surface area contributed by atoms with Crippen molar-refractivity contribution in [3.05, 3.63) is 113 Å². The van der Waals surface area contributed by atoms with Crippen LogP contribution in [0.3, 0.4) is 0 Å². The van der Waals surface area contributed by atoms with Crippen LogP contribution in [0, 0.1) is 6.92 Å². The number of nitrogens with zero attached hydrogens (tertiary/aromatic N) is 6. The number of pyridine rings is 2. The summed E-state index contributed by atoms with van der Waals surface area (Å²) in [6, 6.07) is 22.5. The number of benzene rings is 2. The molecule has 44 heavy (non-hydrogen) atoms. The van der Waals surface area contributed by atoms with E-state index in [1.165, 1.54) is 22.5 Å². The predicted molar refractivity (Wildman–Crippen MR) is 173 cm³/mol. The van der Waals surface area contributed by atoms with Gasteiger partial charge in [0.25, 0.3) is 0 Å². The molecule has 3 aliphatic heterocycles. The molecule has 9 nitrogen and oxygen atoms in total. The zero-order chi connectivity index (χ0) is 30.2. The molecule has 0 saturated carbocycles. The smallest absolute Gasteiger partial charge is 0.410 e. The first-order valence-corrected chi connectivity index (χ1v) is 15.2. The van der Waals surface area contributed by atoms with Crippen molar-refractivity contribution in [2.45, 2.75) is 32.2 Å². The van der Waals surface area contributed by atoms with Crippen LogP contribution in [0.25, 0.3) is 10.9 Å². The molecule has 5 heterocycles. The second kappa shape index (κ2) is 11.7. The van der Waals surface area contributed by atoms with Crippen molar-refractivity contribution >= 4 is 28.5 Å². The Bertz CT molecular complexity index is 1780. The minimum Gasteiger partial charge on any atom is -0.410 e. The third-order valence-corrected chi connectivity index (χ3v) is 8.45. The lowest BCUT2D eigenvalue weighted by Crippen LogP contribution is -2.39. The molecule has 0 spiro atoms. The zero-order valence-corrected chi connectivity index (χ0v) is 25.4. The summed E-state index contributed by atoms with van der Waals surface area (Å²) in [5.74, 6) is 1.43. The van der Waals surface area contributed by atoms with E-state index >= 15 is 0 Å². The van der Waals surface area contributed by atoms with Crippen LogP contribution in [0.15, 0.2) is 96.6 Å². The standard InChI is InChI=1S/C35H37N7O2/c1-24-9-6-14-32(38-24)42-33(28-17-18-36-29-12-5-4-11-27(28)29)34(30-13-8-21-41(30)42)40-20-7-10-25-15-16-26(23-31(25)40)44-35(43)37-19-22-39(2)3/h4-7,9,11-12,14-18,20,23,33H,8,10,13,19,21-22H2,1-3H3,(H,37,43). The molecule has 1 saturated heterocycles. The topological polar surface area (TPSA) is 77.1 Å². The van der Waals surface area contributed by atoms with Crippen LogP contribution in [0.4, 0.5) is 16.3 Å². The molecule has 1 amide bonds. The number of nitrogens with one attached hydrogen (secondary N) is 1. The number of likely N-dealkylation sites (N-methyl/N-ethyl adjacent to an activating group) is 1. The summed E-state index contributed by atoms with van der Waals surface area (Å²) in [4.78, 5) is 26.7. The summed E-state index contributed by atoms with van der Waals surface area (Å²) in [6.45, 7) is 4.21. The summed E-state index contributed by atoms with van der Waals surface area (Å²) in [5, 5.41) is 8.75. The van der Waals surface area contributed by atoms with E-state index in [4.69, 9.17) is 14.7 Å². The monoisotopic (exact) mass is 587 g/mol. The number of amides is 1. The van der Waals surface area contributed by atoms with Gasteiger partial charge in [0.05, 0.1) is 22.6 Å². The SMILES string of the molecule is Cc1cccc(N2C(c3ccnc4ccccc34)C(N3C=CCc4ccc(OC(=O)NCCN(C)C)cc43)=C3CCCN32)n1. The highest BCUT2D eigenvalue weighted by Gasteiger charge is 2.46. The van der Waals surface area contributed by atoms with Crippen LogP contribution in [0.1, 0.15) is 35.7 Å². The van der Waals surface area contributed by atoms with Gasteiger partial charge in [0, 0.05) is 49.2 Å². The molecule has 1 unspecified atom stereocenters. The number of allylic oxidation sites excluding steroid dienone is 2. The Balaban J connectivity index is 1.34. The zero-order valence-electron chi connectivity index (χ0n) is 25.4. The maximum absolute atomic E-state index is 12.6. The van der Waals surface area contributed by atoms with Gasteiger partial charge in [0.1, 0.15) is 17.6 Å². The number of hydrogen-bond donors (Lipinski definition) is 1. The van der Waals surface area contributed by atoms with Crippen molar-refractivity contribution in [3.63, 3.8) is 0 Å². The van der Waals surface area contributed by atoms with Crippen molar-refractivity contribution in [2.24, 2.45) is 0 Å². The van der Waals surface area contributed by atoms with Crippen molar-refractivity contribution in [3.8, 4) is 5.75 Å². The predicted octanol–water partition coefficient (Wildman–Crippen LogP) is 5.95. The molecular formula is C35H37N7O2. The summed E-state index contributed by atoms with van der Waals surface area (Å²) in [5.41, 5.74) is 7.77. The molecular weight excluding hydrogens is 550 g/mol. The molecule has 9 heteroatoms. The Hall–Kier alpha value is -4.89. The van der Waals surface area contributed by atoms with Crippen molar-refractivity contribution in [1.29, 1.82) is 0 Å². The molecule has 1 fully saturated rings. The Labute approximate surface area is 258 Å². The number of para-hydroxylation sites is 1. The fourth-order valence-electron chi connectivity index (χ4n) is 6.49. The number of ether oxygens (including phenoxy) is 1. The van der Waals surface area contributed by atoms with E-state index in [0.29, 0.717) is 12.3 Å². The molecule has 0 bridgehead atoms.